The van der Waals surface area contributed by atoms with Crippen molar-refractivity contribution in [1.29, 1.82) is 0 Å². The topological polar surface area (TPSA) is 86.8 Å². The van der Waals surface area contributed by atoms with Crippen LogP contribution < -0.4 is 9.62 Å². The molecule has 11 heteroatoms. The summed E-state index contributed by atoms with van der Waals surface area (Å²) < 4.78 is 29.1. The van der Waals surface area contributed by atoms with Gasteiger partial charge in [0.1, 0.15) is 12.6 Å². The number of hydrogen-bond acceptors (Lipinski definition) is 4. The van der Waals surface area contributed by atoms with Gasteiger partial charge in [0, 0.05) is 33.2 Å². The van der Waals surface area contributed by atoms with Gasteiger partial charge in [0.2, 0.25) is 11.8 Å². The zero-order chi connectivity index (χ0) is 31.3. The van der Waals surface area contributed by atoms with Crippen LogP contribution in [0.25, 0.3) is 0 Å². The largest absolute Gasteiger partial charge is 0.352 e. The first-order chi connectivity index (χ1) is 20.4. The first kappa shape index (κ1) is 33.1. The highest BCUT2D eigenvalue weighted by Crippen LogP contribution is 2.30. The molecule has 43 heavy (non-hydrogen) atoms. The highest BCUT2D eigenvalue weighted by Gasteiger charge is 2.34. The molecule has 7 nitrogen and oxygen atoms in total. The molecule has 1 atom stereocenters. The Hall–Kier alpha value is -2.78. The van der Waals surface area contributed by atoms with Crippen LogP contribution in [0.4, 0.5) is 5.69 Å². The van der Waals surface area contributed by atoms with Gasteiger partial charge in [-0.05, 0) is 93.3 Å². The van der Waals surface area contributed by atoms with Crippen molar-refractivity contribution in [2.45, 2.75) is 76.4 Å². The summed E-state index contributed by atoms with van der Waals surface area (Å²) in [5.74, 6) is -0.903. The first-order valence-corrected chi connectivity index (χ1v) is 16.8. The Kier molecular flexibility index (Phi) is 11.0. The Labute approximate surface area is 269 Å². The van der Waals surface area contributed by atoms with Gasteiger partial charge in [-0.15, -0.1) is 0 Å². The molecule has 3 aromatic rings. The summed E-state index contributed by atoms with van der Waals surface area (Å²) in [4.78, 5) is 29.0. The van der Waals surface area contributed by atoms with Crippen LogP contribution in [-0.4, -0.2) is 43.8 Å². The maximum Gasteiger partial charge on any atom is 0.264 e. The SMILES string of the molecule is Cc1ccc(N(CC(=O)N(Cc2c(Cl)cccc2Cl)C(C)C(=O)NC2CCCCC2)S(=O)(=O)c2ccc(Cl)cc2)cc1C. The van der Waals surface area contributed by atoms with E-state index >= 15 is 0 Å². The summed E-state index contributed by atoms with van der Waals surface area (Å²) in [5, 5.41) is 4.14. The van der Waals surface area contributed by atoms with Crippen molar-refractivity contribution in [1.82, 2.24) is 10.2 Å². The van der Waals surface area contributed by atoms with Crippen LogP contribution in [0.3, 0.4) is 0 Å². The van der Waals surface area contributed by atoms with Gasteiger partial charge in [-0.1, -0.05) is 66.2 Å². The average Bonchev–Trinajstić information content (AvgIpc) is 2.97. The molecule has 0 saturated heterocycles. The number of aryl methyl sites for hydroxylation is 2. The van der Waals surface area contributed by atoms with Crippen LogP contribution >= 0.6 is 34.8 Å². The molecule has 2 amide bonds. The molecular formula is C32H36Cl3N3O4S. The van der Waals surface area contributed by atoms with E-state index < -0.39 is 28.5 Å². The Morgan fingerprint density at radius 2 is 1.53 bits per heavy atom. The molecule has 0 heterocycles. The van der Waals surface area contributed by atoms with E-state index in [0.717, 1.165) is 47.5 Å². The fourth-order valence-electron chi connectivity index (χ4n) is 5.15. The molecule has 1 aliphatic rings. The molecule has 0 aliphatic heterocycles. The highest BCUT2D eigenvalue weighted by atomic mass is 35.5. The van der Waals surface area contributed by atoms with Crippen LogP contribution in [0.1, 0.15) is 55.7 Å². The number of carbonyl (C=O) groups is 2. The molecule has 1 fully saturated rings. The van der Waals surface area contributed by atoms with Gasteiger partial charge in [-0.3, -0.25) is 13.9 Å². The first-order valence-electron chi connectivity index (χ1n) is 14.3. The third kappa shape index (κ3) is 8.04. The second-order valence-electron chi connectivity index (χ2n) is 11.0. The molecular weight excluding hydrogens is 629 g/mol. The number of amides is 2. The van der Waals surface area contributed by atoms with Gasteiger partial charge < -0.3 is 10.2 Å². The molecule has 0 aromatic heterocycles. The molecule has 1 N–H and O–H groups in total. The summed E-state index contributed by atoms with van der Waals surface area (Å²) in [5.41, 5.74) is 2.62. The number of anilines is 1. The molecule has 3 aromatic carbocycles. The minimum Gasteiger partial charge on any atom is -0.352 e. The highest BCUT2D eigenvalue weighted by molar-refractivity contribution is 7.92. The molecule has 0 radical (unpaired) electrons. The number of halogens is 3. The van der Waals surface area contributed by atoms with E-state index in [2.05, 4.69) is 5.32 Å². The number of benzene rings is 3. The number of sulfonamides is 1. The van der Waals surface area contributed by atoms with Crippen molar-refractivity contribution < 1.29 is 18.0 Å². The van der Waals surface area contributed by atoms with Crippen molar-refractivity contribution in [2.24, 2.45) is 0 Å². The molecule has 1 unspecified atom stereocenters. The van der Waals surface area contributed by atoms with Crippen molar-refractivity contribution in [3.63, 3.8) is 0 Å². The van der Waals surface area contributed by atoms with Gasteiger partial charge in [0.15, 0.2) is 0 Å². The van der Waals surface area contributed by atoms with E-state index in [1.807, 2.05) is 13.8 Å². The Bertz CT molecular complexity index is 1550. The Morgan fingerprint density at radius 1 is 0.907 bits per heavy atom. The van der Waals surface area contributed by atoms with Crippen molar-refractivity contribution in [3.05, 3.63) is 92.4 Å². The van der Waals surface area contributed by atoms with E-state index in [-0.39, 0.29) is 23.4 Å². The minimum absolute atomic E-state index is 0.0216. The number of carbonyl (C=O) groups excluding carboxylic acids is 2. The zero-order valence-corrected chi connectivity index (χ0v) is 27.5. The number of hydrogen-bond donors (Lipinski definition) is 1. The van der Waals surface area contributed by atoms with Crippen LogP contribution in [0.5, 0.6) is 0 Å². The summed E-state index contributed by atoms with van der Waals surface area (Å²) >= 11 is 19.0. The predicted molar refractivity (Wildman–Crippen MR) is 173 cm³/mol. The van der Waals surface area contributed by atoms with E-state index in [1.165, 1.54) is 29.2 Å². The Morgan fingerprint density at radius 3 is 2.14 bits per heavy atom. The molecule has 1 saturated carbocycles. The van der Waals surface area contributed by atoms with Crippen LogP contribution in [0.2, 0.25) is 15.1 Å². The zero-order valence-electron chi connectivity index (χ0n) is 24.4. The van der Waals surface area contributed by atoms with E-state index in [1.54, 1.807) is 43.3 Å². The van der Waals surface area contributed by atoms with Crippen molar-refractivity contribution in [3.8, 4) is 0 Å². The predicted octanol–water partition coefficient (Wildman–Crippen LogP) is 7.33. The maximum absolute atomic E-state index is 14.2. The fraction of sp³-hybridized carbons (Fsp3) is 0.375. The van der Waals surface area contributed by atoms with Gasteiger partial charge >= 0.3 is 0 Å². The van der Waals surface area contributed by atoms with Gasteiger partial charge in [-0.2, -0.15) is 0 Å². The monoisotopic (exact) mass is 663 g/mol. The third-order valence-corrected chi connectivity index (χ3v) is 10.7. The maximum atomic E-state index is 14.2. The van der Waals surface area contributed by atoms with Crippen LogP contribution in [0, 0.1) is 13.8 Å². The van der Waals surface area contributed by atoms with E-state index in [4.69, 9.17) is 34.8 Å². The second kappa shape index (κ2) is 14.3. The molecule has 1 aliphatic carbocycles. The quantitative estimate of drug-likeness (QED) is 0.246. The molecule has 4 rings (SSSR count). The lowest BCUT2D eigenvalue weighted by atomic mass is 9.95. The van der Waals surface area contributed by atoms with E-state index in [0.29, 0.717) is 26.3 Å². The van der Waals surface area contributed by atoms with Gasteiger partial charge in [0.05, 0.1) is 10.6 Å². The van der Waals surface area contributed by atoms with Gasteiger partial charge in [-0.25, -0.2) is 8.42 Å². The second-order valence-corrected chi connectivity index (χ2v) is 14.1. The lowest BCUT2D eigenvalue weighted by Gasteiger charge is -2.33. The molecule has 0 bridgehead atoms. The summed E-state index contributed by atoms with van der Waals surface area (Å²) in [6.07, 6.45) is 4.95. The summed E-state index contributed by atoms with van der Waals surface area (Å²) in [6.45, 7) is 4.78. The molecule has 230 valence electrons. The van der Waals surface area contributed by atoms with Gasteiger partial charge in [0.25, 0.3) is 10.0 Å². The van der Waals surface area contributed by atoms with Crippen LogP contribution in [-0.2, 0) is 26.2 Å². The minimum atomic E-state index is -4.21. The summed E-state index contributed by atoms with van der Waals surface area (Å²) in [6, 6.07) is 15.1. The van der Waals surface area contributed by atoms with E-state index in [9.17, 15) is 18.0 Å². The van der Waals surface area contributed by atoms with Crippen molar-refractivity contribution >= 4 is 62.3 Å². The standard InChI is InChI=1S/C32H36Cl3N3O4S/c1-21-12-15-26(18-22(21)2)38(43(41,42)27-16-13-24(33)14-17-27)20-31(39)37(19-28-29(34)10-7-11-30(28)35)23(3)32(40)36-25-8-5-4-6-9-25/h7,10-18,23,25H,4-6,8-9,19-20H2,1-3H3,(H,36,40). The smallest absolute Gasteiger partial charge is 0.264 e. The third-order valence-electron chi connectivity index (χ3n) is 7.97. The fourth-order valence-corrected chi connectivity index (χ4v) is 7.20. The molecule has 0 spiro atoms. The summed E-state index contributed by atoms with van der Waals surface area (Å²) in [7, 11) is -4.21. The lowest BCUT2D eigenvalue weighted by Crippen LogP contribution is -2.53. The number of nitrogens with zero attached hydrogens (tertiary/aromatic N) is 2. The Balaban J connectivity index is 1.73. The van der Waals surface area contributed by atoms with Crippen molar-refractivity contribution in [2.75, 3.05) is 10.8 Å². The average molecular weight is 665 g/mol. The lowest BCUT2D eigenvalue weighted by molar-refractivity contribution is -0.139. The normalized spacial score (nSPS) is 14.7. The van der Waals surface area contributed by atoms with Crippen LogP contribution in [0.15, 0.2) is 65.6 Å². The number of rotatable bonds is 10. The number of nitrogens with one attached hydrogen (secondary N) is 1.